The van der Waals surface area contributed by atoms with E-state index in [1.807, 2.05) is 0 Å². The van der Waals surface area contributed by atoms with Crippen LogP contribution in [0.15, 0.2) is 12.2 Å². The monoisotopic (exact) mass is 151 g/mol. The van der Waals surface area contributed by atoms with Crippen molar-refractivity contribution in [2.24, 2.45) is 5.73 Å². The van der Waals surface area contributed by atoms with E-state index >= 15 is 0 Å². The number of aliphatic carboxylic acids is 1. The van der Waals surface area contributed by atoms with Crippen LogP contribution in [-0.2, 0) is 9.59 Å². The van der Waals surface area contributed by atoms with Crippen LogP contribution in [0.1, 0.15) is 6.42 Å². The molecule has 0 atom stereocenters. The van der Waals surface area contributed by atoms with Gasteiger partial charge in [-0.05, 0) is 5.57 Å². The second-order valence-electron chi connectivity index (χ2n) is 1.53. The molecule has 0 heterocycles. The number of hydrogen-bond donors (Lipinski definition) is 1. The SMILES string of the molecule is C=C(CC(N)=O)C(=O)[O-].[Na+]. The second-order valence-corrected chi connectivity index (χ2v) is 1.53. The van der Waals surface area contributed by atoms with E-state index in [0.717, 1.165) is 0 Å². The third-order valence-corrected chi connectivity index (χ3v) is 0.676. The maximum atomic E-state index is 9.98. The molecular weight excluding hydrogens is 145 g/mol. The van der Waals surface area contributed by atoms with Crippen molar-refractivity contribution < 1.29 is 44.3 Å². The summed E-state index contributed by atoms with van der Waals surface area (Å²) in [6.45, 7) is 3.03. The van der Waals surface area contributed by atoms with Crippen LogP contribution in [0.5, 0.6) is 0 Å². The Morgan fingerprint density at radius 3 is 2.00 bits per heavy atom. The molecule has 2 N–H and O–H groups in total. The van der Waals surface area contributed by atoms with E-state index in [4.69, 9.17) is 0 Å². The Labute approximate surface area is 80.4 Å². The van der Waals surface area contributed by atoms with E-state index in [1.165, 1.54) is 0 Å². The minimum absolute atomic E-state index is 0. The third-order valence-electron chi connectivity index (χ3n) is 0.676. The molecule has 5 heteroatoms. The molecule has 0 aliphatic rings. The van der Waals surface area contributed by atoms with Gasteiger partial charge in [0.05, 0.1) is 12.4 Å². The molecule has 0 fully saturated rings. The minimum Gasteiger partial charge on any atom is -0.545 e. The number of primary amides is 1. The number of carboxylic acid groups (broad SMARTS) is 1. The van der Waals surface area contributed by atoms with Gasteiger partial charge in [-0.2, -0.15) is 0 Å². The molecule has 1 amide bonds. The molecule has 0 aromatic rings. The molecule has 0 aliphatic carbocycles. The fourth-order valence-corrected chi connectivity index (χ4v) is 0.282. The van der Waals surface area contributed by atoms with Gasteiger partial charge in [0.2, 0.25) is 5.91 Å². The van der Waals surface area contributed by atoms with Gasteiger partial charge in [-0.3, -0.25) is 4.79 Å². The molecular formula is C5H6NNaO3. The summed E-state index contributed by atoms with van der Waals surface area (Å²) in [6.07, 6.45) is -0.345. The number of hydrogen-bond acceptors (Lipinski definition) is 3. The van der Waals surface area contributed by atoms with Crippen LogP contribution >= 0.6 is 0 Å². The fraction of sp³-hybridized carbons (Fsp3) is 0.200. The Bertz CT molecular complexity index is 166. The summed E-state index contributed by atoms with van der Waals surface area (Å²) in [5.74, 6) is -2.15. The van der Waals surface area contributed by atoms with E-state index in [2.05, 4.69) is 12.3 Å². The van der Waals surface area contributed by atoms with Gasteiger partial charge in [-0.1, -0.05) is 6.58 Å². The first kappa shape index (κ1) is 12.4. The van der Waals surface area contributed by atoms with E-state index in [1.54, 1.807) is 0 Å². The summed E-state index contributed by atoms with van der Waals surface area (Å²) < 4.78 is 0. The topological polar surface area (TPSA) is 83.2 Å². The van der Waals surface area contributed by atoms with Crippen molar-refractivity contribution in [3.05, 3.63) is 12.2 Å². The number of carboxylic acids is 1. The molecule has 0 saturated carbocycles. The van der Waals surface area contributed by atoms with Crippen LogP contribution in [0.2, 0.25) is 0 Å². The van der Waals surface area contributed by atoms with Gasteiger partial charge in [0.25, 0.3) is 0 Å². The Kier molecular flexibility index (Phi) is 6.76. The molecule has 50 valence electrons. The molecule has 0 aliphatic heterocycles. The van der Waals surface area contributed by atoms with E-state index in [9.17, 15) is 14.7 Å². The Hall–Kier alpha value is -0.320. The van der Waals surface area contributed by atoms with Crippen LogP contribution in [0, 0.1) is 0 Å². The molecule has 0 spiro atoms. The van der Waals surface area contributed by atoms with Gasteiger partial charge in [0.15, 0.2) is 0 Å². The van der Waals surface area contributed by atoms with Crippen LogP contribution < -0.4 is 40.4 Å². The van der Waals surface area contributed by atoms with Crippen LogP contribution in [0.3, 0.4) is 0 Å². The van der Waals surface area contributed by atoms with Crippen molar-refractivity contribution in [2.45, 2.75) is 6.42 Å². The van der Waals surface area contributed by atoms with E-state index in [0.29, 0.717) is 0 Å². The van der Waals surface area contributed by atoms with Crippen molar-refractivity contribution >= 4 is 11.9 Å². The number of carbonyl (C=O) groups is 2. The molecule has 0 unspecified atom stereocenters. The Balaban J connectivity index is 0. The van der Waals surface area contributed by atoms with E-state index in [-0.39, 0.29) is 41.6 Å². The minimum atomic E-state index is -1.44. The Morgan fingerprint density at radius 1 is 1.50 bits per heavy atom. The van der Waals surface area contributed by atoms with Crippen molar-refractivity contribution in [3.63, 3.8) is 0 Å². The zero-order chi connectivity index (χ0) is 7.44. The second kappa shape index (κ2) is 5.46. The zero-order valence-corrected chi connectivity index (χ0v) is 7.72. The molecule has 4 nitrogen and oxygen atoms in total. The van der Waals surface area contributed by atoms with Gasteiger partial charge in [0.1, 0.15) is 0 Å². The van der Waals surface area contributed by atoms with E-state index < -0.39 is 11.9 Å². The van der Waals surface area contributed by atoms with Crippen LogP contribution in [0.25, 0.3) is 0 Å². The average Bonchev–Trinajstić information content (AvgIpc) is 1.63. The molecule has 10 heavy (non-hydrogen) atoms. The summed E-state index contributed by atoms with van der Waals surface area (Å²) in [5, 5.41) is 9.82. The number of rotatable bonds is 3. The maximum Gasteiger partial charge on any atom is 1.00 e. The standard InChI is InChI=1S/C5H7NO3.Na/c1-3(5(8)9)2-4(6)7;/h1-2H2,(H2,6,7)(H,8,9);/q;+1/p-1. The number of nitrogens with two attached hydrogens (primary N) is 1. The van der Waals surface area contributed by atoms with Gasteiger partial charge >= 0.3 is 29.6 Å². The van der Waals surface area contributed by atoms with Crippen molar-refractivity contribution in [2.75, 3.05) is 0 Å². The van der Waals surface area contributed by atoms with Crippen molar-refractivity contribution in [3.8, 4) is 0 Å². The summed E-state index contributed by atoms with van der Waals surface area (Å²) in [7, 11) is 0. The summed E-state index contributed by atoms with van der Waals surface area (Å²) in [5.41, 5.74) is 4.35. The summed E-state index contributed by atoms with van der Waals surface area (Å²) >= 11 is 0. The molecule has 0 radical (unpaired) electrons. The number of amides is 1. The quantitative estimate of drug-likeness (QED) is 0.324. The van der Waals surface area contributed by atoms with Crippen LogP contribution in [-0.4, -0.2) is 11.9 Å². The molecule has 0 rings (SSSR count). The largest absolute Gasteiger partial charge is 1.00 e. The smallest absolute Gasteiger partial charge is 0.545 e. The predicted octanol–water partition coefficient (Wildman–Crippen LogP) is -4.83. The van der Waals surface area contributed by atoms with Crippen molar-refractivity contribution in [1.29, 1.82) is 0 Å². The van der Waals surface area contributed by atoms with Gasteiger partial charge < -0.3 is 15.6 Å². The Morgan fingerprint density at radius 2 is 1.90 bits per heavy atom. The average molecular weight is 151 g/mol. The fourth-order valence-electron chi connectivity index (χ4n) is 0.282. The van der Waals surface area contributed by atoms with Gasteiger partial charge in [-0.15, -0.1) is 0 Å². The molecule has 0 aromatic heterocycles. The summed E-state index contributed by atoms with van der Waals surface area (Å²) in [6, 6.07) is 0. The predicted molar refractivity (Wildman–Crippen MR) is 28.0 cm³/mol. The normalized spacial score (nSPS) is 7.60. The molecule has 0 saturated heterocycles. The first-order chi connectivity index (χ1) is 4.04. The van der Waals surface area contributed by atoms with Crippen LogP contribution in [0.4, 0.5) is 0 Å². The number of carbonyl (C=O) groups excluding carboxylic acids is 2. The summed E-state index contributed by atoms with van der Waals surface area (Å²) in [4.78, 5) is 19.8. The van der Waals surface area contributed by atoms with Gasteiger partial charge in [-0.25, -0.2) is 0 Å². The van der Waals surface area contributed by atoms with Crippen molar-refractivity contribution in [1.82, 2.24) is 0 Å². The maximum absolute atomic E-state index is 9.98. The third kappa shape index (κ3) is 5.81. The first-order valence-electron chi connectivity index (χ1n) is 2.21. The molecule has 0 aromatic carbocycles. The zero-order valence-electron chi connectivity index (χ0n) is 5.72. The first-order valence-corrected chi connectivity index (χ1v) is 2.21. The van der Waals surface area contributed by atoms with Gasteiger partial charge in [0, 0.05) is 0 Å². The molecule has 0 bridgehead atoms.